The van der Waals surface area contributed by atoms with Gasteiger partial charge in [-0.1, -0.05) is 17.8 Å². The van der Waals surface area contributed by atoms with Crippen molar-refractivity contribution in [3.05, 3.63) is 17.5 Å². The number of thioether (sulfide) groups is 1. The molecule has 3 rings (SSSR count). The van der Waals surface area contributed by atoms with Crippen LogP contribution in [0.4, 0.5) is 0 Å². The van der Waals surface area contributed by atoms with E-state index in [0.29, 0.717) is 36.3 Å². The number of hydrogen-bond acceptors (Lipinski definition) is 7. The molecule has 0 bridgehead atoms. The molecule has 8 heteroatoms. The maximum absolute atomic E-state index is 11.4. The molecule has 20 heavy (non-hydrogen) atoms. The van der Waals surface area contributed by atoms with Crippen LogP contribution in [0.2, 0.25) is 0 Å². The summed E-state index contributed by atoms with van der Waals surface area (Å²) in [6, 6.07) is 3.83. The first kappa shape index (κ1) is 13.3. The molecule has 3 heterocycles. The minimum atomic E-state index is -0.0968. The average molecular weight is 309 g/mol. The van der Waals surface area contributed by atoms with Crippen LogP contribution in [0.5, 0.6) is 0 Å². The van der Waals surface area contributed by atoms with Crippen molar-refractivity contribution in [1.29, 1.82) is 0 Å². The van der Waals surface area contributed by atoms with Gasteiger partial charge >= 0.3 is 0 Å². The van der Waals surface area contributed by atoms with E-state index in [0.717, 1.165) is 4.88 Å². The van der Waals surface area contributed by atoms with E-state index in [9.17, 15) is 9.59 Å². The van der Waals surface area contributed by atoms with Crippen LogP contribution < -0.4 is 0 Å². The smallest absolute Gasteiger partial charge is 0.276 e. The fourth-order valence-electron chi connectivity index (χ4n) is 1.86. The Hall–Kier alpha value is -1.67. The molecule has 2 aromatic rings. The topological polar surface area (TPSA) is 76.3 Å². The summed E-state index contributed by atoms with van der Waals surface area (Å²) in [4.78, 5) is 25.1. The zero-order valence-corrected chi connectivity index (χ0v) is 12.1. The van der Waals surface area contributed by atoms with Crippen LogP contribution in [-0.4, -0.2) is 39.2 Å². The van der Waals surface area contributed by atoms with Gasteiger partial charge in [-0.2, -0.15) is 0 Å². The van der Waals surface area contributed by atoms with Crippen molar-refractivity contribution in [2.45, 2.75) is 18.1 Å². The first-order valence-corrected chi connectivity index (χ1v) is 7.94. The lowest BCUT2D eigenvalue weighted by atomic mass is 10.4. The summed E-state index contributed by atoms with van der Waals surface area (Å²) in [5.74, 6) is 0.862. The first-order valence-electron chi connectivity index (χ1n) is 6.07. The Balaban J connectivity index is 1.54. The van der Waals surface area contributed by atoms with Gasteiger partial charge in [-0.05, 0) is 11.4 Å². The van der Waals surface area contributed by atoms with E-state index in [1.165, 1.54) is 28.0 Å². The highest BCUT2D eigenvalue weighted by atomic mass is 32.2. The molecule has 0 unspecified atom stereocenters. The second kappa shape index (κ2) is 5.76. The van der Waals surface area contributed by atoms with Gasteiger partial charge in [0.25, 0.3) is 11.1 Å². The van der Waals surface area contributed by atoms with Gasteiger partial charge < -0.3 is 4.42 Å². The Morgan fingerprint density at radius 1 is 1.30 bits per heavy atom. The van der Waals surface area contributed by atoms with Gasteiger partial charge in [0, 0.05) is 25.1 Å². The standard InChI is InChI=1S/C12H11N3O3S2/c16-9-3-4-10(17)15(9)5-7-20-12-14-13-11(18-12)8-2-1-6-19-8/h1-2,6H,3-5,7H2. The van der Waals surface area contributed by atoms with E-state index < -0.39 is 0 Å². The molecule has 1 saturated heterocycles. The number of hydrogen-bond donors (Lipinski definition) is 0. The molecule has 0 saturated carbocycles. The van der Waals surface area contributed by atoms with Crippen LogP contribution in [0.3, 0.4) is 0 Å². The number of thiophene rings is 1. The number of carbonyl (C=O) groups is 2. The van der Waals surface area contributed by atoms with Crippen molar-refractivity contribution in [1.82, 2.24) is 15.1 Å². The summed E-state index contributed by atoms with van der Waals surface area (Å²) in [6.45, 7) is 0.388. The summed E-state index contributed by atoms with van der Waals surface area (Å²) in [5, 5.41) is 10.3. The van der Waals surface area contributed by atoms with Crippen molar-refractivity contribution in [3.63, 3.8) is 0 Å². The Bertz CT molecular complexity index is 608. The molecule has 0 spiro atoms. The molecule has 0 aromatic carbocycles. The Kier molecular flexibility index (Phi) is 3.83. The van der Waals surface area contributed by atoms with Crippen molar-refractivity contribution < 1.29 is 14.0 Å². The Labute approximate surface area is 123 Å². The molecular weight excluding hydrogens is 298 g/mol. The second-order valence-electron chi connectivity index (χ2n) is 4.14. The van der Waals surface area contributed by atoms with Gasteiger partial charge in [-0.25, -0.2) is 0 Å². The largest absolute Gasteiger partial charge is 0.410 e. The maximum atomic E-state index is 11.4. The molecule has 6 nitrogen and oxygen atoms in total. The van der Waals surface area contributed by atoms with Gasteiger partial charge in [-0.3, -0.25) is 14.5 Å². The van der Waals surface area contributed by atoms with E-state index in [1.54, 1.807) is 0 Å². The van der Waals surface area contributed by atoms with Gasteiger partial charge in [0.2, 0.25) is 11.8 Å². The van der Waals surface area contributed by atoms with Crippen LogP contribution in [0.15, 0.2) is 27.2 Å². The van der Waals surface area contributed by atoms with E-state index in [4.69, 9.17) is 4.42 Å². The summed E-state index contributed by atoms with van der Waals surface area (Å²) < 4.78 is 5.51. The van der Waals surface area contributed by atoms with Gasteiger partial charge in [0.05, 0.1) is 4.88 Å². The van der Waals surface area contributed by atoms with E-state index >= 15 is 0 Å². The minimum Gasteiger partial charge on any atom is -0.410 e. The van der Waals surface area contributed by atoms with E-state index in [-0.39, 0.29) is 11.8 Å². The molecule has 1 aliphatic rings. The van der Waals surface area contributed by atoms with E-state index in [2.05, 4.69) is 10.2 Å². The molecule has 104 valence electrons. The normalized spacial score (nSPS) is 15.3. The number of amides is 2. The monoisotopic (exact) mass is 309 g/mol. The number of carbonyl (C=O) groups excluding carboxylic acids is 2. The van der Waals surface area contributed by atoms with Gasteiger partial charge in [0.1, 0.15) is 0 Å². The highest BCUT2D eigenvalue weighted by molar-refractivity contribution is 7.99. The number of aromatic nitrogens is 2. The summed E-state index contributed by atoms with van der Waals surface area (Å²) >= 11 is 2.88. The molecule has 2 aromatic heterocycles. The fourth-order valence-corrected chi connectivity index (χ4v) is 3.19. The lowest BCUT2D eigenvalue weighted by Crippen LogP contribution is -2.31. The SMILES string of the molecule is O=C1CCC(=O)N1CCSc1nnc(-c2cccs2)o1. The Morgan fingerprint density at radius 3 is 2.80 bits per heavy atom. The minimum absolute atomic E-state index is 0.0968. The zero-order chi connectivity index (χ0) is 13.9. The van der Waals surface area contributed by atoms with Crippen LogP contribution in [-0.2, 0) is 9.59 Å². The average Bonchev–Trinajstić information content (AvgIpc) is 3.14. The molecule has 0 N–H and O–H groups in total. The van der Waals surface area contributed by atoms with E-state index in [1.807, 2.05) is 17.5 Å². The van der Waals surface area contributed by atoms with Crippen LogP contribution >= 0.6 is 23.1 Å². The second-order valence-corrected chi connectivity index (χ2v) is 6.13. The van der Waals surface area contributed by atoms with Crippen LogP contribution in [0.1, 0.15) is 12.8 Å². The molecule has 1 fully saturated rings. The molecule has 0 radical (unpaired) electrons. The summed E-state index contributed by atoms with van der Waals surface area (Å²) in [6.07, 6.45) is 0.652. The maximum Gasteiger partial charge on any atom is 0.276 e. The predicted molar refractivity (Wildman–Crippen MR) is 74.3 cm³/mol. The van der Waals surface area contributed by atoms with Crippen molar-refractivity contribution in [3.8, 4) is 10.8 Å². The third-order valence-corrected chi connectivity index (χ3v) is 4.49. The van der Waals surface area contributed by atoms with Crippen molar-refractivity contribution >= 4 is 34.9 Å². The summed E-state index contributed by atoms with van der Waals surface area (Å²) in [7, 11) is 0. The third-order valence-electron chi connectivity index (χ3n) is 2.83. The Morgan fingerprint density at radius 2 is 2.10 bits per heavy atom. The van der Waals surface area contributed by atoms with Crippen LogP contribution in [0.25, 0.3) is 10.8 Å². The zero-order valence-electron chi connectivity index (χ0n) is 10.4. The molecule has 2 amide bonds. The molecule has 1 aliphatic heterocycles. The van der Waals surface area contributed by atoms with Gasteiger partial charge in [0.15, 0.2) is 0 Å². The van der Waals surface area contributed by atoms with Crippen molar-refractivity contribution in [2.24, 2.45) is 0 Å². The highest BCUT2D eigenvalue weighted by Gasteiger charge is 2.28. The lowest BCUT2D eigenvalue weighted by Gasteiger charge is -2.11. The van der Waals surface area contributed by atoms with Gasteiger partial charge in [-0.15, -0.1) is 21.5 Å². The number of rotatable bonds is 5. The molecule has 0 atom stereocenters. The first-order chi connectivity index (χ1) is 9.74. The number of imide groups is 1. The predicted octanol–water partition coefficient (Wildman–Crippen LogP) is 2.04. The molecular formula is C12H11N3O3S2. The third kappa shape index (κ3) is 2.75. The number of nitrogens with zero attached hydrogens (tertiary/aromatic N) is 3. The highest BCUT2D eigenvalue weighted by Crippen LogP contribution is 2.26. The summed E-state index contributed by atoms with van der Waals surface area (Å²) in [5.41, 5.74) is 0. The number of likely N-dealkylation sites (tertiary alicyclic amines) is 1. The van der Waals surface area contributed by atoms with Crippen LogP contribution in [0, 0.1) is 0 Å². The molecule has 0 aliphatic carbocycles. The fraction of sp³-hybridized carbons (Fsp3) is 0.333. The quantitative estimate of drug-likeness (QED) is 0.621. The lowest BCUT2D eigenvalue weighted by molar-refractivity contribution is -0.137. The van der Waals surface area contributed by atoms with Crippen molar-refractivity contribution in [2.75, 3.05) is 12.3 Å².